The number of hydrogen-bond donors (Lipinski definition) is 1. The van der Waals surface area contributed by atoms with Crippen LogP contribution in [-0.2, 0) is 9.53 Å². The first-order valence-electron chi connectivity index (χ1n) is 6.59. The maximum atomic E-state index is 11.3. The van der Waals surface area contributed by atoms with Crippen LogP contribution in [0.1, 0.15) is 31.2 Å². The van der Waals surface area contributed by atoms with Gasteiger partial charge in [0, 0.05) is 23.2 Å². The van der Waals surface area contributed by atoms with Crippen molar-refractivity contribution in [3.63, 3.8) is 0 Å². The molecule has 1 aliphatic rings. The van der Waals surface area contributed by atoms with Gasteiger partial charge in [0.2, 0.25) is 0 Å². The number of ether oxygens (including phenoxy) is 1. The van der Waals surface area contributed by atoms with E-state index in [1.807, 2.05) is 11.7 Å². The van der Waals surface area contributed by atoms with Crippen LogP contribution >= 0.6 is 11.3 Å². The zero-order valence-corrected chi connectivity index (χ0v) is 12.1. The maximum absolute atomic E-state index is 11.3. The Labute approximate surface area is 117 Å². The third-order valence-corrected chi connectivity index (χ3v) is 4.58. The number of aliphatic carboxylic acids is 1. The Balaban J connectivity index is 2.17. The minimum absolute atomic E-state index is 0.0467. The molecule has 0 aliphatic carbocycles. The molecule has 0 aromatic carbocycles. The van der Waals surface area contributed by atoms with Crippen molar-refractivity contribution in [1.82, 2.24) is 9.88 Å². The molecule has 2 heterocycles. The molecule has 19 heavy (non-hydrogen) atoms. The number of carboxylic acid groups (broad SMARTS) is 1. The van der Waals surface area contributed by atoms with Crippen LogP contribution in [0.15, 0.2) is 11.7 Å². The Morgan fingerprint density at radius 2 is 2.47 bits per heavy atom. The van der Waals surface area contributed by atoms with Gasteiger partial charge in [-0.05, 0) is 19.9 Å². The highest BCUT2D eigenvalue weighted by atomic mass is 32.1. The van der Waals surface area contributed by atoms with E-state index >= 15 is 0 Å². The lowest BCUT2D eigenvalue weighted by Crippen LogP contribution is -2.44. The Morgan fingerprint density at radius 3 is 3.05 bits per heavy atom. The summed E-state index contributed by atoms with van der Waals surface area (Å²) in [5.41, 5.74) is 1.82. The normalized spacial score (nSPS) is 24.8. The molecule has 1 saturated heterocycles. The van der Waals surface area contributed by atoms with E-state index in [-0.39, 0.29) is 12.1 Å². The fourth-order valence-electron chi connectivity index (χ4n) is 2.61. The molecule has 1 aromatic rings. The molecular weight excluding hydrogens is 264 g/mol. The van der Waals surface area contributed by atoms with Crippen LogP contribution in [0.4, 0.5) is 0 Å². The van der Waals surface area contributed by atoms with Gasteiger partial charge >= 0.3 is 5.97 Å². The highest BCUT2D eigenvalue weighted by Crippen LogP contribution is 2.30. The Kier molecular flexibility index (Phi) is 4.90. The Bertz CT molecular complexity index is 410. The van der Waals surface area contributed by atoms with Crippen LogP contribution < -0.4 is 0 Å². The molecule has 3 unspecified atom stereocenters. The first-order chi connectivity index (χ1) is 9.15. The van der Waals surface area contributed by atoms with Gasteiger partial charge in [0.05, 0.1) is 24.6 Å². The lowest BCUT2D eigenvalue weighted by molar-refractivity contribution is -0.143. The van der Waals surface area contributed by atoms with Gasteiger partial charge in [-0.3, -0.25) is 14.7 Å². The molecule has 6 heteroatoms. The standard InChI is InChI=1S/C13H20N2O3S/c1-3-4-15(9(2)12-5-14-8-19-12)11-7-18-6-10(11)13(16)17/h5,8-11H,3-4,6-7H2,1-2H3,(H,16,17). The zero-order valence-electron chi connectivity index (χ0n) is 11.3. The number of thiazole rings is 1. The van der Waals surface area contributed by atoms with Crippen molar-refractivity contribution in [1.29, 1.82) is 0 Å². The van der Waals surface area contributed by atoms with Crippen LogP contribution in [0.3, 0.4) is 0 Å². The SMILES string of the molecule is CCCN(C(C)c1cncs1)C1COCC1C(=O)O. The summed E-state index contributed by atoms with van der Waals surface area (Å²) >= 11 is 1.61. The molecule has 106 valence electrons. The van der Waals surface area contributed by atoms with E-state index in [0.29, 0.717) is 13.2 Å². The Hall–Kier alpha value is -0.980. The molecule has 2 rings (SSSR count). The van der Waals surface area contributed by atoms with Crippen LogP contribution in [0.5, 0.6) is 0 Å². The summed E-state index contributed by atoms with van der Waals surface area (Å²) in [6.45, 7) is 5.91. The summed E-state index contributed by atoms with van der Waals surface area (Å²) in [7, 11) is 0. The number of nitrogens with zero attached hydrogens (tertiary/aromatic N) is 2. The summed E-state index contributed by atoms with van der Waals surface area (Å²) in [5.74, 6) is -1.19. The van der Waals surface area contributed by atoms with Crippen molar-refractivity contribution in [3.8, 4) is 0 Å². The second kappa shape index (κ2) is 6.45. The molecule has 3 atom stereocenters. The van der Waals surface area contributed by atoms with E-state index in [1.165, 1.54) is 4.88 Å². The number of rotatable bonds is 6. The van der Waals surface area contributed by atoms with Gasteiger partial charge in [0.15, 0.2) is 0 Å². The monoisotopic (exact) mass is 284 g/mol. The minimum Gasteiger partial charge on any atom is -0.481 e. The number of carboxylic acids is 1. The van der Waals surface area contributed by atoms with Gasteiger partial charge in [-0.15, -0.1) is 11.3 Å². The molecule has 0 radical (unpaired) electrons. The maximum Gasteiger partial charge on any atom is 0.310 e. The topological polar surface area (TPSA) is 62.7 Å². The molecule has 0 spiro atoms. The molecule has 0 bridgehead atoms. The third kappa shape index (κ3) is 3.13. The molecule has 1 fully saturated rings. The van der Waals surface area contributed by atoms with E-state index in [2.05, 4.69) is 23.7 Å². The van der Waals surface area contributed by atoms with Crippen molar-refractivity contribution in [2.45, 2.75) is 32.4 Å². The summed E-state index contributed by atoms with van der Waals surface area (Å²) in [4.78, 5) is 18.8. The second-order valence-corrected chi connectivity index (χ2v) is 5.79. The van der Waals surface area contributed by atoms with Crippen molar-refractivity contribution in [2.24, 2.45) is 5.92 Å². The predicted molar refractivity (Wildman–Crippen MR) is 73.3 cm³/mol. The van der Waals surface area contributed by atoms with Gasteiger partial charge in [-0.25, -0.2) is 0 Å². The van der Waals surface area contributed by atoms with Crippen LogP contribution in [0.25, 0.3) is 0 Å². The lowest BCUT2D eigenvalue weighted by atomic mass is 10.00. The second-order valence-electron chi connectivity index (χ2n) is 4.87. The summed E-state index contributed by atoms with van der Waals surface area (Å²) in [6, 6.07) is 0.135. The zero-order chi connectivity index (χ0) is 13.8. The van der Waals surface area contributed by atoms with Gasteiger partial charge in [-0.1, -0.05) is 6.92 Å². The number of hydrogen-bond acceptors (Lipinski definition) is 5. The minimum atomic E-state index is -0.764. The van der Waals surface area contributed by atoms with Crippen molar-refractivity contribution < 1.29 is 14.6 Å². The van der Waals surface area contributed by atoms with E-state index in [9.17, 15) is 9.90 Å². The van der Waals surface area contributed by atoms with Crippen molar-refractivity contribution >= 4 is 17.3 Å². The van der Waals surface area contributed by atoms with E-state index in [0.717, 1.165) is 13.0 Å². The van der Waals surface area contributed by atoms with Crippen LogP contribution in [0.2, 0.25) is 0 Å². The third-order valence-electron chi connectivity index (χ3n) is 3.64. The highest BCUT2D eigenvalue weighted by molar-refractivity contribution is 7.09. The lowest BCUT2D eigenvalue weighted by Gasteiger charge is -2.34. The van der Waals surface area contributed by atoms with Crippen molar-refractivity contribution in [2.75, 3.05) is 19.8 Å². The van der Waals surface area contributed by atoms with Gasteiger partial charge in [0.1, 0.15) is 0 Å². The number of carbonyl (C=O) groups is 1. The first kappa shape index (κ1) is 14.4. The van der Waals surface area contributed by atoms with Crippen LogP contribution in [0, 0.1) is 5.92 Å². The predicted octanol–water partition coefficient (Wildman–Crippen LogP) is 2.02. The van der Waals surface area contributed by atoms with Gasteiger partial charge < -0.3 is 9.84 Å². The smallest absolute Gasteiger partial charge is 0.310 e. The largest absolute Gasteiger partial charge is 0.481 e. The van der Waals surface area contributed by atoms with Crippen molar-refractivity contribution in [3.05, 3.63) is 16.6 Å². The van der Waals surface area contributed by atoms with E-state index < -0.39 is 11.9 Å². The molecule has 1 aromatic heterocycles. The molecule has 0 saturated carbocycles. The molecule has 0 amide bonds. The highest BCUT2D eigenvalue weighted by Gasteiger charge is 2.39. The average molecular weight is 284 g/mol. The molecule has 1 aliphatic heterocycles. The summed E-state index contributed by atoms with van der Waals surface area (Å²) in [5, 5.41) is 9.30. The summed E-state index contributed by atoms with van der Waals surface area (Å²) in [6.07, 6.45) is 2.86. The molecule has 1 N–H and O–H groups in total. The number of aromatic nitrogens is 1. The fourth-order valence-corrected chi connectivity index (χ4v) is 3.30. The van der Waals surface area contributed by atoms with Gasteiger partial charge in [-0.2, -0.15) is 0 Å². The first-order valence-corrected chi connectivity index (χ1v) is 7.47. The van der Waals surface area contributed by atoms with E-state index in [1.54, 1.807) is 11.3 Å². The van der Waals surface area contributed by atoms with E-state index in [4.69, 9.17) is 4.74 Å². The quantitative estimate of drug-likeness (QED) is 0.866. The summed E-state index contributed by atoms with van der Waals surface area (Å²) < 4.78 is 5.39. The van der Waals surface area contributed by atoms with Gasteiger partial charge in [0.25, 0.3) is 0 Å². The average Bonchev–Trinajstić information content (AvgIpc) is 3.05. The Morgan fingerprint density at radius 1 is 1.68 bits per heavy atom. The fraction of sp³-hybridized carbons (Fsp3) is 0.692. The molecular formula is C13H20N2O3S. The van der Waals surface area contributed by atoms with Crippen LogP contribution in [-0.4, -0.2) is 46.8 Å². The molecule has 5 nitrogen and oxygen atoms in total.